The minimum absolute atomic E-state index is 0.604. The van der Waals surface area contributed by atoms with Gasteiger partial charge in [-0.3, -0.25) is 0 Å². The summed E-state index contributed by atoms with van der Waals surface area (Å²) in [6, 6.07) is 3.91. The molecule has 0 spiro atoms. The second-order valence-electron chi connectivity index (χ2n) is 6.35. The molecule has 2 saturated carbocycles. The molecule has 2 aliphatic carbocycles. The van der Waals surface area contributed by atoms with Crippen LogP contribution in [0.5, 0.6) is 5.88 Å². The Morgan fingerprint density at radius 1 is 1.20 bits per heavy atom. The lowest BCUT2D eigenvalue weighted by Crippen LogP contribution is -2.25. The van der Waals surface area contributed by atoms with Crippen molar-refractivity contribution >= 4 is 11.5 Å². The number of nitrogens with two attached hydrogens (primary N) is 1. The van der Waals surface area contributed by atoms with E-state index in [0.29, 0.717) is 11.6 Å². The van der Waals surface area contributed by atoms with E-state index in [1.54, 1.807) is 0 Å². The van der Waals surface area contributed by atoms with Gasteiger partial charge in [0.25, 0.3) is 0 Å². The van der Waals surface area contributed by atoms with Crippen molar-refractivity contribution < 1.29 is 4.74 Å². The summed E-state index contributed by atoms with van der Waals surface area (Å²) in [7, 11) is 2.11. The molecule has 20 heavy (non-hydrogen) atoms. The van der Waals surface area contributed by atoms with Crippen molar-refractivity contribution in [3.8, 4) is 5.88 Å². The fourth-order valence-corrected chi connectivity index (χ4v) is 2.92. The smallest absolute Gasteiger partial charge is 0.239 e. The molecule has 1 aromatic rings. The highest BCUT2D eigenvalue weighted by Gasteiger charge is 2.23. The van der Waals surface area contributed by atoms with Crippen LogP contribution in [0.3, 0.4) is 0 Å². The number of pyridine rings is 1. The van der Waals surface area contributed by atoms with Gasteiger partial charge in [0.15, 0.2) is 0 Å². The Balaban J connectivity index is 1.63. The number of ether oxygens (including phenoxy) is 1. The molecule has 2 N–H and O–H groups in total. The summed E-state index contributed by atoms with van der Waals surface area (Å²) in [6.45, 7) is 1.84. The minimum atomic E-state index is 0.604. The maximum absolute atomic E-state index is 5.95. The van der Waals surface area contributed by atoms with Crippen LogP contribution < -0.4 is 15.4 Å². The summed E-state index contributed by atoms with van der Waals surface area (Å²) in [5.41, 5.74) is 6.60. The van der Waals surface area contributed by atoms with Crippen LogP contribution in [0, 0.1) is 11.8 Å². The van der Waals surface area contributed by atoms with Gasteiger partial charge in [-0.25, -0.2) is 0 Å². The Morgan fingerprint density at radius 3 is 2.65 bits per heavy atom. The number of hydrogen-bond acceptors (Lipinski definition) is 4. The van der Waals surface area contributed by atoms with E-state index >= 15 is 0 Å². The predicted octanol–water partition coefficient (Wildman–Crippen LogP) is 3.08. The number of rotatable bonds is 6. The fourth-order valence-electron chi connectivity index (χ4n) is 2.92. The molecule has 0 amide bonds. The molecule has 3 rings (SSSR count). The van der Waals surface area contributed by atoms with Crippen molar-refractivity contribution in [2.75, 3.05) is 30.8 Å². The molecule has 0 aromatic carbocycles. The third kappa shape index (κ3) is 3.35. The van der Waals surface area contributed by atoms with Crippen LogP contribution in [0.15, 0.2) is 12.1 Å². The number of nitrogens with zero attached hydrogens (tertiary/aromatic N) is 2. The number of hydrogen-bond donors (Lipinski definition) is 1. The van der Waals surface area contributed by atoms with E-state index in [0.717, 1.165) is 30.8 Å². The highest BCUT2D eigenvalue weighted by atomic mass is 16.5. The quantitative estimate of drug-likeness (QED) is 0.867. The van der Waals surface area contributed by atoms with Crippen LogP contribution in [-0.2, 0) is 0 Å². The lowest BCUT2D eigenvalue weighted by Gasteiger charge is -2.22. The molecule has 110 valence electrons. The second kappa shape index (κ2) is 5.90. The van der Waals surface area contributed by atoms with Crippen molar-refractivity contribution in [3.05, 3.63) is 12.1 Å². The Kier molecular flexibility index (Phi) is 3.99. The molecule has 0 atom stereocenters. The van der Waals surface area contributed by atoms with E-state index < -0.39 is 0 Å². The average Bonchev–Trinajstić information content (AvgIpc) is 3.14. The summed E-state index contributed by atoms with van der Waals surface area (Å²) in [4.78, 5) is 6.83. The first-order chi connectivity index (χ1) is 9.72. The molecule has 1 heterocycles. The molecule has 0 radical (unpaired) electrons. The zero-order valence-electron chi connectivity index (χ0n) is 12.3. The Labute approximate surface area is 121 Å². The van der Waals surface area contributed by atoms with Gasteiger partial charge in [0.2, 0.25) is 5.88 Å². The van der Waals surface area contributed by atoms with E-state index in [-0.39, 0.29) is 0 Å². The minimum Gasteiger partial charge on any atom is -0.476 e. The summed E-state index contributed by atoms with van der Waals surface area (Å²) >= 11 is 0. The lowest BCUT2D eigenvalue weighted by molar-refractivity contribution is 0.290. The largest absolute Gasteiger partial charge is 0.476 e. The van der Waals surface area contributed by atoms with Gasteiger partial charge in [-0.1, -0.05) is 12.8 Å². The van der Waals surface area contributed by atoms with E-state index in [1.807, 2.05) is 12.1 Å². The summed E-state index contributed by atoms with van der Waals surface area (Å²) < 4.78 is 5.76. The van der Waals surface area contributed by atoms with Gasteiger partial charge < -0.3 is 15.4 Å². The van der Waals surface area contributed by atoms with Crippen LogP contribution >= 0.6 is 0 Å². The number of anilines is 2. The molecule has 0 bridgehead atoms. The third-order valence-corrected chi connectivity index (χ3v) is 4.43. The van der Waals surface area contributed by atoms with Crippen LogP contribution in [0.2, 0.25) is 0 Å². The zero-order chi connectivity index (χ0) is 13.9. The van der Waals surface area contributed by atoms with Gasteiger partial charge in [-0.05, 0) is 49.7 Å². The predicted molar refractivity (Wildman–Crippen MR) is 82.1 cm³/mol. The molecular weight excluding hydrogens is 250 g/mol. The Hall–Kier alpha value is -1.45. The molecule has 4 heteroatoms. The third-order valence-electron chi connectivity index (χ3n) is 4.43. The summed E-state index contributed by atoms with van der Waals surface area (Å²) in [5, 5.41) is 0. The molecule has 0 saturated heterocycles. The first-order valence-corrected chi connectivity index (χ1v) is 7.83. The zero-order valence-corrected chi connectivity index (χ0v) is 12.3. The maximum atomic E-state index is 5.95. The topological polar surface area (TPSA) is 51.4 Å². The summed E-state index contributed by atoms with van der Waals surface area (Å²) in [5.74, 6) is 3.11. The van der Waals surface area contributed by atoms with E-state index in [9.17, 15) is 0 Å². The van der Waals surface area contributed by atoms with Gasteiger partial charge in [0.1, 0.15) is 5.82 Å². The lowest BCUT2D eigenvalue weighted by atomic mass is 10.1. The van der Waals surface area contributed by atoms with Crippen LogP contribution in [0.4, 0.5) is 11.5 Å². The average molecular weight is 275 g/mol. The molecule has 0 unspecified atom stereocenters. The monoisotopic (exact) mass is 275 g/mol. The van der Waals surface area contributed by atoms with Gasteiger partial charge in [0.05, 0.1) is 12.3 Å². The van der Waals surface area contributed by atoms with Crippen molar-refractivity contribution in [2.45, 2.75) is 38.5 Å². The number of nitrogen functional groups attached to an aromatic ring is 1. The van der Waals surface area contributed by atoms with Crippen molar-refractivity contribution in [1.29, 1.82) is 0 Å². The highest BCUT2D eigenvalue weighted by Crippen LogP contribution is 2.31. The van der Waals surface area contributed by atoms with Gasteiger partial charge in [-0.2, -0.15) is 4.98 Å². The normalized spacial score (nSPS) is 19.2. The van der Waals surface area contributed by atoms with Crippen LogP contribution in [0.25, 0.3) is 0 Å². The second-order valence-corrected chi connectivity index (χ2v) is 6.35. The van der Waals surface area contributed by atoms with E-state index in [4.69, 9.17) is 10.5 Å². The van der Waals surface area contributed by atoms with Gasteiger partial charge in [0, 0.05) is 13.6 Å². The molecule has 0 aliphatic heterocycles. The Bertz CT molecular complexity index is 453. The van der Waals surface area contributed by atoms with Crippen LogP contribution in [0.1, 0.15) is 38.5 Å². The van der Waals surface area contributed by atoms with Crippen molar-refractivity contribution in [1.82, 2.24) is 4.98 Å². The highest BCUT2D eigenvalue weighted by molar-refractivity contribution is 5.54. The van der Waals surface area contributed by atoms with Gasteiger partial charge >= 0.3 is 0 Å². The SMILES string of the molecule is CN(CC1CCCC1)c1ccc(N)c(OCC2CC2)n1. The molecular formula is C16H25N3O. The molecule has 2 fully saturated rings. The maximum Gasteiger partial charge on any atom is 0.239 e. The standard InChI is InChI=1S/C16H25N3O/c1-19(10-12-4-2-3-5-12)15-9-8-14(17)16(18-15)20-11-13-6-7-13/h8-9,12-13H,2-7,10-11,17H2,1H3. The Morgan fingerprint density at radius 2 is 1.95 bits per heavy atom. The van der Waals surface area contributed by atoms with Crippen molar-refractivity contribution in [2.24, 2.45) is 11.8 Å². The molecule has 1 aromatic heterocycles. The van der Waals surface area contributed by atoms with Crippen molar-refractivity contribution in [3.63, 3.8) is 0 Å². The molecule has 2 aliphatic rings. The number of aromatic nitrogens is 1. The van der Waals surface area contributed by atoms with Gasteiger partial charge in [-0.15, -0.1) is 0 Å². The van der Waals surface area contributed by atoms with Crippen LogP contribution in [-0.4, -0.2) is 25.2 Å². The molecule has 4 nitrogen and oxygen atoms in total. The summed E-state index contributed by atoms with van der Waals surface area (Å²) in [6.07, 6.45) is 8.02. The van der Waals surface area contributed by atoms with E-state index in [2.05, 4.69) is 16.9 Å². The fraction of sp³-hybridized carbons (Fsp3) is 0.688. The first kappa shape index (κ1) is 13.5. The van der Waals surface area contributed by atoms with E-state index in [1.165, 1.54) is 38.5 Å². The first-order valence-electron chi connectivity index (χ1n) is 7.83.